The van der Waals surface area contributed by atoms with Gasteiger partial charge in [0.05, 0.1) is 23.9 Å². The van der Waals surface area contributed by atoms with Gasteiger partial charge in [-0.3, -0.25) is 4.79 Å². The molecule has 0 bridgehead atoms. The van der Waals surface area contributed by atoms with Gasteiger partial charge in [0.25, 0.3) is 5.91 Å². The molecule has 0 saturated carbocycles. The van der Waals surface area contributed by atoms with Gasteiger partial charge in [-0.2, -0.15) is 0 Å². The molecule has 2 aromatic rings. The van der Waals surface area contributed by atoms with Crippen LogP contribution in [0.25, 0.3) is 11.3 Å². The normalized spacial score (nSPS) is 10.8. The van der Waals surface area contributed by atoms with E-state index in [2.05, 4.69) is 9.97 Å². The number of hydrogen-bond acceptors (Lipinski definition) is 5. The third-order valence-electron chi connectivity index (χ3n) is 2.86. The summed E-state index contributed by atoms with van der Waals surface area (Å²) in [4.78, 5) is 20.9. The molecule has 3 N–H and O–H groups in total. The second-order valence-corrected chi connectivity index (χ2v) is 5.36. The smallest absolute Gasteiger partial charge is 0.270 e. The van der Waals surface area contributed by atoms with Crippen molar-refractivity contribution in [2.75, 3.05) is 26.3 Å². The summed E-state index contributed by atoms with van der Waals surface area (Å²) >= 11 is 1.55. The van der Waals surface area contributed by atoms with E-state index in [4.69, 9.17) is 10.2 Å². The molecule has 108 valence electrons. The van der Waals surface area contributed by atoms with E-state index in [1.54, 1.807) is 23.6 Å². The lowest BCUT2D eigenvalue weighted by atomic mass is 10.2. The fourth-order valence-corrected chi connectivity index (χ4v) is 2.51. The molecule has 0 aromatic carbocycles. The summed E-state index contributed by atoms with van der Waals surface area (Å²) in [5.41, 5.74) is 2.11. The van der Waals surface area contributed by atoms with E-state index in [0.29, 0.717) is 5.69 Å². The molecular formula is C13H17N3O3S. The molecule has 2 aromatic heterocycles. The molecule has 0 fully saturated rings. The summed E-state index contributed by atoms with van der Waals surface area (Å²) < 4.78 is 0. The van der Waals surface area contributed by atoms with E-state index in [9.17, 15) is 4.79 Å². The van der Waals surface area contributed by atoms with Crippen molar-refractivity contribution in [3.63, 3.8) is 0 Å². The van der Waals surface area contributed by atoms with Crippen LogP contribution in [-0.4, -0.2) is 57.3 Å². The van der Waals surface area contributed by atoms with Crippen LogP contribution in [0.4, 0.5) is 0 Å². The third-order valence-corrected chi connectivity index (χ3v) is 3.63. The Morgan fingerprint density at radius 3 is 2.65 bits per heavy atom. The van der Waals surface area contributed by atoms with Gasteiger partial charge in [-0.25, -0.2) is 4.98 Å². The molecule has 6 nitrogen and oxygen atoms in total. The van der Waals surface area contributed by atoms with Crippen LogP contribution in [0, 0.1) is 6.92 Å². The first-order chi connectivity index (χ1) is 9.65. The molecule has 0 unspecified atom stereocenters. The number of aryl methyl sites for hydroxylation is 1. The maximum atomic E-state index is 12.2. The lowest BCUT2D eigenvalue weighted by molar-refractivity contribution is 0.0679. The second kappa shape index (κ2) is 6.65. The quantitative estimate of drug-likeness (QED) is 0.738. The van der Waals surface area contributed by atoms with Crippen LogP contribution >= 0.6 is 11.3 Å². The molecule has 0 aliphatic heterocycles. The van der Waals surface area contributed by atoms with Crippen LogP contribution in [0.2, 0.25) is 0 Å². The summed E-state index contributed by atoms with van der Waals surface area (Å²) in [5, 5.41) is 20.8. The first-order valence-corrected chi connectivity index (χ1v) is 7.15. The predicted octanol–water partition coefficient (Wildman–Crippen LogP) is 0.873. The Morgan fingerprint density at radius 1 is 1.40 bits per heavy atom. The van der Waals surface area contributed by atoms with Crippen LogP contribution in [-0.2, 0) is 0 Å². The number of nitrogens with one attached hydrogen (secondary N) is 1. The molecular weight excluding hydrogens is 278 g/mol. The molecule has 0 aliphatic rings. The molecule has 0 atom stereocenters. The number of amides is 1. The van der Waals surface area contributed by atoms with Gasteiger partial charge < -0.3 is 20.1 Å². The topological polar surface area (TPSA) is 89.5 Å². The Labute approximate surface area is 120 Å². The number of thiazole rings is 1. The van der Waals surface area contributed by atoms with Crippen molar-refractivity contribution in [2.24, 2.45) is 0 Å². The number of aliphatic hydroxyl groups excluding tert-OH is 2. The van der Waals surface area contributed by atoms with Crippen LogP contribution in [0.15, 0.2) is 17.6 Å². The van der Waals surface area contributed by atoms with Gasteiger partial charge in [0.15, 0.2) is 0 Å². The minimum Gasteiger partial charge on any atom is -0.395 e. The first kappa shape index (κ1) is 14.7. The number of hydrogen-bond donors (Lipinski definition) is 3. The minimum absolute atomic E-state index is 0.134. The highest BCUT2D eigenvalue weighted by Crippen LogP contribution is 2.22. The second-order valence-electron chi connectivity index (χ2n) is 4.29. The largest absolute Gasteiger partial charge is 0.395 e. The van der Waals surface area contributed by atoms with Crippen molar-refractivity contribution in [2.45, 2.75) is 6.92 Å². The van der Waals surface area contributed by atoms with Crippen molar-refractivity contribution >= 4 is 17.2 Å². The fourth-order valence-electron chi connectivity index (χ4n) is 1.89. The molecule has 1 amide bonds. The average molecular weight is 295 g/mol. The van der Waals surface area contributed by atoms with Gasteiger partial charge in [0, 0.05) is 30.2 Å². The maximum Gasteiger partial charge on any atom is 0.270 e. The van der Waals surface area contributed by atoms with E-state index >= 15 is 0 Å². The molecule has 0 spiro atoms. The molecule has 2 rings (SSSR count). The summed E-state index contributed by atoms with van der Waals surface area (Å²) in [6.45, 7) is 2.05. The lowest BCUT2D eigenvalue weighted by Crippen LogP contribution is -2.36. The number of aromatic amines is 1. The van der Waals surface area contributed by atoms with Crippen LogP contribution < -0.4 is 0 Å². The number of carbonyl (C=O) groups excluding carboxylic acids is 1. The van der Waals surface area contributed by atoms with Crippen molar-refractivity contribution in [1.29, 1.82) is 0 Å². The molecule has 7 heteroatoms. The number of aliphatic hydroxyl groups is 2. The van der Waals surface area contributed by atoms with Gasteiger partial charge >= 0.3 is 0 Å². The van der Waals surface area contributed by atoms with Crippen molar-refractivity contribution in [3.05, 3.63) is 28.3 Å². The highest BCUT2D eigenvalue weighted by atomic mass is 32.1. The van der Waals surface area contributed by atoms with E-state index in [-0.39, 0.29) is 32.2 Å². The number of rotatable bonds is 6. The zero-order valence-electron chi connectivity index (χ0n) is 11.2. The number of H-pyrrole nitrogens is 1. The summed E-state index contributed by atoms with van der Waals surface area (Å²) in [6, 6.07) is 1.73. The molecule has 0 saturated heterocycles. The molecule has 20 heavy (non-hydrogen) atoms. The van der Waals surface area contributed by atoms with Gasteiger partial charge in [-0.15, -0.1) is 11.3 Å². The van der Waals surface area contributed by atoms with Crippen LogP contribution in [0.3, 0.4) is 0 Å². The maximum absolute atomic E-state index is 12.2. The zero-order valence-corrected chi connectivity index (χ0v) is 12.0. The highest BCUT2D eigenvalue weighted by Gasteiger charge is 2.17. The number of carbonyl (C=O) groups is 1. The minimum atomic E-state index is -0.244. The monoisotopic (exact) mass is 295 g/mol. The van der Waals surface area contributed by atoms with Gasteiger partial charge in [0.2, 0.25) is 0 Å². The Kier molecular flexibility index (Phi) is 4.89. The van der Waals surface area contributed by atoms with Crippen LogP contribution in [0.5, 0.6) is 0 Å². The van der Waals surface area contributed by atoms with Crippen LogP contribution in [0.1, 0.15) is 15.5 Å². The predicted molar refractivity (Wildman–Crippen MR) is 76.7 cm³/mol. The Bertz CT molecular complexity index is 573. The SMILES string of the molecule is Cc1nc(-c2c[nH]c(C(=O)N(CCO)CCO)c2)cs1. The van der Waals surface area contributed by atoms with E-state index in [0.717, 1.165) is 16.3 Å². The molecule has 0 aliphatic carbocycles. The Hall–Kier alpha value is -1.70. The summed E-state index contributed by atoms with van der Waals surface area (Å²) in [6.07, 6.45) is 1.73. The third kappa shape index (κ3) is 3.24. The zero-order chi connectivity index (χ0) is 14.5. The highest BCUT2D eigenvalue weighted by molar-refractivity contribution is 7.09. The fraction of sp³-hybridized carbons (Fsp3) is 0.385. The Morgan fingerprint density at radius 2 is 2.10 bits per heavy atom. The van der Waals surface area contributed by atoms with Gasteiger partial charge in [-0.05, 0) is 13.0 Å². The average Bonchev–Trinajstić information content (AvgIpc) is 3.06. The first-order valence-electron chi connectivity index (χ1n) is 6.27. The van der Waals surface area contributed by atoms with Crippen molar-refractivity contribution in [1.82, 2.24) is 14.9 Å². The summed E-state index contributed by atoms with van der Waals surface area (Å²) in [7, 11) is 0. The van der Waals surface area contributed by atoms with Crippen molar-refractivity contribution in [3.8, 4) is 11.3 Å². The number of nitrogens with zero attached hydrogens (tertiary/aromatic N) is 2. The van der Waals surface area contributed by atoms with Gasteiger partial charge in [-0.1, -0.05) is 0 Å². The Balaban J connectivity index is 2.16. The summed E-state index contributed by atoms with van der Waals surface area (Å²) in [5.74, 6) is -0.244. The van der Waals surface area contributed by atoms with E-state index in [1.165, 1.54) is 4.90 Å². The molecule has 2 heterocycles. The lowest BCUT2D eigenvalue weighted by Gasteiger charge is -2.19. The van der Waals surface area contributed by atoms with E-state index < -0.39 is 0 Å². The van der Waals surface area contributed by atoms with Gasteiger partial charge in [0.1, 0.15) is 5.69 Å². The standard InChI is InChI=1S/C13H17N3O3S/c1-9-15-12(8-20-9)10-6-11(14-7-10)13(19)16(2-4-17)3-5-18/h6-8,14,17-18H,2-5H2,1H3. The molecule has 0 radical (unpaired) electrons. The number of aromatic nitrogens is 2. The van der Waals surface area contributed by atoms with E-state index in [1.807, 2.05) is 12.3 Å². The van der Waals surface area contributed by atoms with Crippen molar-refractivity contribution < 1.29 is 15.0 Å².